The van der Waals surface area contributed by atoms with Crippen LogP contribution in [0.2, 0.25) is 18.1 Å². The van der Waals surface area contributed by atoms with Gasteiger partial charge in [0.1, 0.15) is 0 Å². The number of anilines is 1. The van der Waals surface area contributed by atoms with E-state index < -0.39 is 8.32 Å². The minimum absolute atomic E-state index is 0.276. The molecule has 0 atom stereocenters. The van der Waals surface area contributed by atoms with Gasteiger partial charge in [0.25, 0.3) is 0 Å². The van der Waals surface area contributed by atoms with E-state index in [2.05, 4.69) is 51.1 Å². The molecule has 138 valence electrons. The van der Waals surface area contributed by atoms with E-state index in [1.54, 1.807) is 0 Å². The first-order valence-corrected chi connectivity index (χ1v) is 12.4. The summed E-state index contributed by atoms with van der Waals surface area (Å²) in [5, 5.41) is 5.94. The molecule has 0 bridgehead atoms. The monoisotopic (exact) mass is 359 g/mol. The Labute approximate surface area is 152 Å². The summed E-state index contributed by atoms with van der Waals surface area (Å²) in [5.74, 6) is 0.533. The summed E-state index contributed by atoms with van der Waals surface area (Å²) in [4.78, 5) is 0. The number of aromatic nitrogens is 2. The van der Waals surface area contributed by atoms with Crippen LogP contribution in [0.25, 0.3) is 10.9 Å². The molecule has 0 radical (unpaired) electrons. The number of hydrogen-bond acceptors (Lipinski definition) is 3. The molecular formula is C20H33N3OSi. The Balaban J connectivity index is 1.69. The SMILES string of the molecule is Cn1cc2cc(N)c(C3CCC(O[Si](C)(C)C(C)(C)C)CC3)cc2n1. The van der Waals surface area contributed by atoms with E-state index in [1.165, 1.54) is 5.56 Å². The molecule has 2 aromatic rings. The number of rotatable bonds is 3. The second-order valence-corrected chi connectivity index (χ2v) is 14.0. The molecule has 1 fully saturated rings. The third-order valence-corrected chi connectivity index (χ3v) is 10.7. The maximum Gasteiger partial charge on any atom is 0.192 e. The van der Waals surface area contributed by atoms with Crippen molar-refractivity contribution in [2.45, 2.75) is 76.6 Å². The molecule has 1 aromatic carbocycles. The maximum absolute atomic E-state index is 6.62. The minimum Gasteiger partial charge on any atom is -0.414 e. The topological polar surface area (TPSA) is 53.1 Å². The number of nitrogens with two attached hydrogens (primary N) is 1. The molecule has 3 rings (SSSR count). The molecule has 0 spiro atoms. The Morgan fingerprint density at radius 2 is 1.80 bits per heavy atom. The molecule has 25 heavy (non-hydrogen) atoms. The lowest BCUT2D eigenvalue weighted by Gasteiger charge is -2.41. The van der Waals surface area contributed by atoms with Crippen molar-refractivity contribution in [1.82, 2.24) is 9.78 Å². The summed E-state index contributed by atoms with van der Waals surface area (Å²) in [5.41, 5.74) is 9.59. The Morgan fingerprint density at radius 3 is 2.40 bits per heavy atom. The Bertz CT molecular complexity index is 752. The van der Waals surface area contributed by atoms with Crippen molar-refractivity contribution < 1.29 is 4.43 Å². The largest absolute Gasteiger partial charge is 0.414 e. The van der Waals surface area contributed by atoms with Crippen molar-refractivity contribution in [2.24, 2.45) is 7.05 Å². The van der Waals surface area contributed by atoms with Crippen LogP contribution in [0.15, 0.2) is 18.3 Å². The Kier molecular flexibility index (Phi) is 4.75. The Morgan fingerprint density at radius 1 is 1.16 bits per heavy atom. The third-order valence-electron chi connectivity index (χ3n) is 6.21. The lowest BCUT2D eigenvalue weighted by Crippen LogP contribution is -2.44. The van der Waals surface area contributed by atoms with E-state index in [0.29, 0.717) is 12.0 Å². The average molecular weight is 360 g/mol. The molecule has 1 saturated carbocycles. The van der Waals surface area contributed by atoms with Crippen molar-refractivity contribution in [3.63, 3.8) is 0 Å². The quantitative estimate of drug-likeness (QED) is 0.605. The molecule has 1 aliphatic rings. The van der Waals surface area contributed by atoms with Crippen molar-refractivity contribution >= 4 is 24.9 Å². The van der Waals surface area contributed by atoms with Gasteiger partial charge in [-0.25, -0.2) is 0 Å². The molecular weight excluding hydrogens is 326 g/mol. The first kappa shape index (κ1) is 18.5. The van der Waals surface area contributed by atoms with Crippen LogP contribution in [0.1, 0.15) is 57.9 Å². The fourth-order valence-electron chi connectivity index (χ4n) is 3.67. The zero-order chi connectivity index (χ0) is 18.4. The van der Waals surface area contributed by atoms with Crippen molar-refractivity contribution in [3.05, 3.63) is 23.9 Å². The number of benzene rings is 1. The van der Waals surface area contributed by atoms with Gasteiger partial charge in [0.2, 0.25) is 0 Å². The fourth-order valence-corrected chi connectivity index (χ4v) is 5.09. The average Bonchev–Trinajstić information content (AvgIpc) is 2.85. The molecule has 0 saturated heterocycles. The predicted octanol–water partition coefficient (Wildman–Crippen LogP) is 5.20. The van der Waals surface area contributed by atoms with Crippen LogP contribution >= 0.6 is 0 Å². The molecule has 0 aliphatic heterocycles. The van der Waals surface area contributed by atoms with Gasteiger partial charge in [0, 0.05) is 30.4 Å². The summed E-state index contributed by atoms with van der Waals surface area (Å²) in [7, 11) is 0.282. The number of fused-ring (bicyclic) bond motifs is 1. The number of hydrogen-bond donors (Lipinski definition) is 1. The fraction of sp³-hybridized carbons (Fsp3) is 0.650. The van der Waals surface area contributed by atoms with E-state index in [1.807, 2.05) is 17.9 Å². The summed E-state index contributed by atoms with van der Waals surface area (Å²) in [6.07, 6.45) is 7.02. The van der Waals surface area contributed by atoms with Crippen molar-refractivity contribution in [3.8, 4) is 0 Å². The van der Waals surface area contributed by atoms with Crippen molar-refractivity contribution in [1.29, 1.82) is 0 Å². The highest BCUT2D eigenvalue weighted by atomic mass is 28.4. The molecule has 2 N–H and O–H groups in total. The molecule has 0 amide bonds. The van der Waals surface area contributed by atoms with Gasteiger partial charge in [-0.3, -0.25) is 4.68 Å². The third kappa shape index (κ3) is 3.77. The van der Waals surface area contributed by atoms with E-state index in [0.717, 1.165) is 42.3 Å². The van der Waals surface area contributed by atoms with Crippen LogP contribution in [0.5, 0.6) is 0 Å². The van der Waals surface area contributed by atoms with Gasteiger partial charge in [0.15, 0.2) is 8.32 Å². The standard InChI is InChI=1S/C20H33N3OSi/c1-20(2,3)25(5,6)24-16-9-7-14(8-10-16)17-12-19-15(11-18(17)21)13-23(4)22-19/h11-14,16H,7-10,21H2,1-6H3. The van der Waals surface area contributed by atoms with Crippen LogP contribution < -0.4 is 5.73 Å². The van der Waals surface area contributed by atoms with Crippen molar-refractivity contribution in [2.75, 3.05) is 5.73 Å². The highest BCUT2D eigenvalue weighted by molar-refractivity contribution is 6.74. The minimum atomic E-state index is -1.68. The Hall–Kier alpha value is -1.33. The van der Waals surface area contributed by atoms with Crippen LogP contribution in [-0.2, 0) is 11.5 Å². The number of aryl methyl sites for hydroxylation is 1. The zero-order valence-electron chi connectivity index (χ0n) is 16.6. The zero-order valence-corrected chi connectivity index (χ0v) is 17.6. The summed E-state index contributed by atoms with van der Waals surface area (Å²) >= 11 is 0. The van der Waals surface area contributed by atoms with Gasteiger partial charge in [0.05, 0.1) is 5.52 Å². The molecule has 0 unspecified atom stereocenters. The van der Waals surface area contributed by atoms with E-state index in [-0.39, 0.29) is 5.04 Å². The summed E-state index contributed by atoms with van der Waals surface area (Å²) in [6.45, 7) is 11.6. The number of nitrogens with zero attached hydrogens (tertiary/aromatic N) is 2. The van der Waals surface area contributed by atoms with Gasteiger partial charge in [-0.15, -0.1) is 0 Å². The smallest absolute Gasteiger partial charge is 0.192 e. The summed E-state index contributed by atoms with van der Waals surface area (Å²) in [6, 6.07) is 4.28. The van der Waals surface area contributed by atoms with E-state index >= 15 is 0 Å². The highest BCUT2D eigenvalue weighted by Gasteiger charge is 2.40. The lowest BCUT2D eigenvalue weighted by atomic mass is 9.82. The first-order valence-electron chi connectivity index (χ1n) is 9.47. The second-order valence-electron chi connectivity index (χ2n) is 9.19. The van der Waals surface area contributed by atoms with Gasteiger partial charge in [-0.05, 0) is 67.4 Å². The second kappa shape index (κ2) is 6.43. The molecule has 5 heteroatoms. The molecule has 1 aromatic heterocycles. The highest BCUT2D eigenvalue weighted by Crippen LogP contribution is 2.42. The molecule has 1 aliphatic carbocycles. The molecule has 1 heterocycles. The first-order chi connectivity index (χ1) is 11.6. The van der Waals surface area contributed by atoms with Gasteiger partial charge in [-0.2, -0.15) is 5.10 Å². The van der Waals surface area contributed by atoms with Crippen LogP contribution in [-0.4, -0.2) is 24.2 Å². The summed E-state index contributed by atoms with van der Waals surface area (Å²) < 4.78 is 8.48. The van der Waals surface area contributed by atoms with Gasteiger partial charge in [-0.1, -0.05) is 20.8 Å². The van der Waals surface area contributed by atoms with E-state index in [4.69, 9.17) is 10.2 Å². The molecule has 4 nitrogen and oxygen atoms in total. The van der Waals surface area contributed by atoms with Gasteiger partial charge < -0.3 is 10.2 Å². The normalized spacial score (nSPS) is 22.5. The van der Waals surface area contributed by atoms with Gasteiger partial charge >= 0.3 is 0 Å². The van der Waals surface area contributed by atoms with Crippen LogP contribution in [0, 0.1) is 0 Å². The maximum atomic E-state index is 6.62. The predicted molar refractivity (Wildman–Crippen MR) is 108 cm³/mol. The van der Waals surface area contributed by atoms with E-state index in [9.17, 15) is 0 Å². The number of nitrogen functional groups attached to an aromatic ring is 1. The van der Waals surface area contributed by atoms with Crippen LogP contribution in [0.3, 0.4) is 0 Å². The lowest BCUT2D eigenvalue weighted by molar-refractivity contribution is 0.130. The van der Waals surface area contributed by atoms with Crippen LogP contribution in [0.4, 0.5) is 5.69 Å².